The van der Waals surface area contributed by atoms with Crippen molar-refractivity contribution in [2.24, 2.45) is 0 Å². The van der Waals surface area contributed by atoms with Crippen molar-refractivity contribution in [3.63, 3.8) is 0 Å². The minimum atomic E-state index is -0.350. The van der Waals surface area contributed by atoms with Gasteiger partial charge in [-0.15, -0.1) is 0 Å². The minimum absolute atomic E-state index is 0.151. The van der Waals surface area contributed by atoms with Crippen LogP contribution in [0.3, 0.4) is 0 Å². The number of benzene rings is 1. The monoisotopic (exact) mass is 251 g/mol. The van der Waals surface area contributed by atoms with Gasteiger partial charge in [-0.1, -0.05) is 0 Å². The summed E-state index contributed by atoms with van der Waals surface area (Å²) in [7, 11) is 2.88. The maximum atomic E-state index is 11.8. The third kappa shape index (κ3) is 4.08. The van der Waals surface area contributed by atoms with Gasteiger partial charge in [0.2, 0.25) is 0 Å². The molecule has 1 aromatic carbocycles. The maximum Gasteiger partial charge on any atom is 0.307 e. The summed E-state index contributed by atoms with van der Waals surface area (Å²) in [5.74, 6) is 0.112. The van der Waals surface area contributed by atoms with Crippen LogP contribution in [0.15, 0.2) is 24.3 Å². The first-order valence-corrected chi connectivity index (χ1v) is 5.58. The summed E-state index contributed by atoms with van der Waals surface area (Å²) >= 11 is 0. The van der Waals surface area contributed by atoms with Crippen LogP contribution in [0.5, 0.6) is 5.75 Å². The van der Waals surface area contributed by atoms with Crippen molar-refractivity contribution in [1.29, 1.82) is 0 Å². The van der Waals surface area contributed by atoms with E-state index < -0.39 is 0 Å². The number of nitrogens with one attached hydrogen (secondary N) is 1. The molecule has 0 aliphatic carbocycles. The molecule has 0 aromatic heterocycles. The van der Waals surface area contributed by atoms with Gasteiger partial charge in [-0.2, -0.15) is 0 Å². The molecule has 0 saturated heterocycles. The molecule has 1 aromatic rings. The molecule has 1 rings (SSSR count). The smallest absolute Gasteiger partial charge is 0.307 e. The largest absolute Gasteiger partial charge is 0.497 e. The highest BCUT2D eigenvalue weighted by atomic mass is 16.5. The molecule has 0 bridgehead atoms. The average molecular weight is 251 g/mol. The predicted molar refractivity (Wildman–Crippen MR) is 66.6 cm³/mol. The van der Waals surface area contributed by atoms with Gasteiger partial charge in [0.15, 0.2) is 0 Å². The van der Waals surface area contributed by atoms with E-state index in [1.807, 2.05) is 0 Å². The van der Waals surface area contributed by atoms with E-state index in [4.69, 9.17) is 4.74 Å². The molecular weight excluding hydrogens is 234 g/mol. The zero-order valence-corrected chi connectivity index (χ0v) is 10.7. The van der Waals surface area contributed by atoms with Crippen LogP contribution >= 0.6 is 0 Å². The molecule has 1 N–H and O–H groups in total. The molecule has 0 radical (unpaired) electrons. The lowest BCUT2D eigenvalue weighted by Crippen LogP contribution is -2.34. The van der Waals surface area contributed by atoms with E-state index >= 15 is 0 Å². The van der Waals surface area contributed by atoms with Crippen LogP contribution in [0.4, 0.5) is 0 Å². The third-order valence-corrected chi connectivity index (χ3v) is 2.43. The second kappa shape index (κ2) is 6.64. The second-order valence-electron chi connectivity index (χ2n) is 3.88. The maximum absolute atomic E-state index is 11.8. The van der Waals surface area contributed by atoms with Crippen molar-refractivity contribution in [2.45, 2.75) is 19.4 Å². The van der Waals surface area contributed by atoms with Crippen LogP contribution in [0.1, 0.15) is 23.7 Å². The summed E-state index contributed by atoms with van der Waals surface area (Å²) in [6, 6.07) is 6.48. The van der Waals surface area contributed by atoms with Crippen molar-refractivity contribution in [3.05, 3.63) is 29.8 Å². The summed E-state index contributed by atoms with van der Waals surface area (Å²) in [6.45, 7) is 1.75. The highest BCUT2D eigenvalue weighted by Gasteiger charge is 2.13. The first-order chi connectivity index (χ1) is 8.56. The van der Waals surface area contributed by atoms with Crippen molar-refractivity contribution >= 4 is 11.9 Å². The van der Waals surface area contributed by atoms with Crippen molar-refractivity contribution in [2.75, 3.05) is 14.2 Å². The normalized spacial score (nSPS) is 11.5. The number of carbonyl (C=O) groups is 2. The number of hydrogen-bond donors (Lipinski definition) is 1. The van der Waals surface area contributed by atoms with E-state index in [1.165, 1.54) is 7.11 Å². The van der Waals surface area contributed by atoms with Gasteiger partial charge in [-0.3, -0.25) is 9.59 Å². The summed E-state index contributed by atoms with van der Waals surface area (Å²) in [5.41, 5.74) is 0.521. The number of carbonyl (C=O) groups excluding carboxylic acids is 2. The summed E-state index contributed by atoms with van der Waals surface area (Å²) in [6.07, 6.45) is 0.151. The lowest BCUT2D eigenvalue weighted by Gasteiger charge is -2.12. The van der Waals surface area contributed by atoms with Gasteiger partial charge in [0, 0.05) is 11.6 Å². The Kier molecular flexibility index (Phi) is 5.17. The fraction of sp³-hybridized carbons (Fsp3) is 0.385. The molecule has 0 aliphatic rings. The topological polar surface area (TPSA) is 64.6 Å². The van der Waals surface area contributed by atoms with Crippen molar-refractivity contribution < 1.29 is 19.1 Å². The Morgan fingerprint density at radius 1 is 1.22 bits per heavy atom. The molecule has 5 nitrogen and oxygen atoms in total. The molecule has 0 fully saturated rings. The number of rotatable bonds is 5. The van der Waals surface area contributed by atoms with Gasteiger partial charge >= 0.3 is 5.97 Å². The fourth-order valence-corrected chi connectivity index (χ4v) is 1.43. The van der Waals surface area contributed by atoms with Gasteiger partial charge in [0.05, 0.1) is 20.6 Å². The Labute approximate surface area is 106 Å². The van der Waals surface area contributed by atoms with E-state index in [2.05, 4.69) is 10.1 Å². The van der Waals surface area contributed by atoms with Crippen LogP contribution in [-0.4, -0.2) is 32.1 Å². The highest BCUT2D eigenvalue weighted by molar-refractivity contribution is 5.94. The summed E-state index contributed by atoms with van der Waals surface area (Å²) < 4.78 is 9.54. The summed E-state index contributed by atoms with van der Waals surface area (Å²) in [5, 5.41) is 2.72. The van der Waals surface area contributed by atoms with Crippen LogP contribution in [0.2, 0.25) is 0 Å². The first kappa shape index (κ1) is 14.0. The molecule has 1 amide bonds. The number of ether oxygens (including phenoxy) is 2. The molecule has 0 heterocycles. The SMILES string of the molecule is COC(=O)CC(C)NC(=O)c1ccc(OC)cc1. The molecule has 0 saturated carbocycles. The predicted octanol–water partition coefficient (Wildman–Crippen LogP) is 1.38. The van der Waals surface area contributed by atoms with Crippen molar-refractivity contribution in [1.82, 2.24) is 5.32 Å². The summed E-state index contributed by atoms with van der Waals surface area (Å²) in [4.78, 5) is 22.9. The van der Waals surface area contributed by atoms with Gasteiger partial charge in [-0.05, 0) is 31.2 Å². The molecule has 1 unspecified atom stereocenters. The molecule has 18 heavy (non-hydrogen) atoms. The lowest BCUT2D eigenvalue weighted by molar-refractivity contribution is -0.141. The lowest BCUT2D eigenvalue weighted by atomic mass is 10.1. The molecule has 1 atom stereocenters. The minimum Gasteiger partial charge on any atom is -0.497 e. The Morgan fingerprint density at radius 2 is 1.83 bits per heavy atom. The van der Waals surface area contributed by atoms with Crippen LogP contribution < -0.4 is 10.1 Å². The van der Waals surface area contributed by atoms with E-state index in [0.717, 1.165) is 0 Å². The van der Waals surface area contributed by atoms with Crippen LogP contribution in [0.25, 0.3) is 0 Å². The van der Waals surface area contributed by atoms with Crippen LogP contribution in [0, 0.1) is 0 Å². The van der Waals surface area contributed by atoms with E-state index in [0.29, 0.717) is 11.3 Å². The van der Waals surface area contributed by atoms with E-state index in [1.54, 1.807) is 38.3 Å². The van der Waals surface area contributed by atoms with E-state index in [-0.39, 0.29) is 24.3 Å². The molecule has 0 aliphatic heterocycles. The molecular formula is C13H17NO4. The standard InChI is InChI=1S/C13H17NO4/c1-9(8-12(15)18-3)14-13(16)10-4-6-11(17-2)7-5-10/h4-7,9H,8H2,1-3H3,(H,14,16). The van der Waals surface area contributed by atoms with E-state index in [9.17, 15) is 9.59 Å². The van der Waals surface area contributed by atoms with Crippen molar-refractivity contribution in [3.8, 4) is 5.75 Å². The van der Waals surface area contributed by atoms with Crippen LogP contribution in [-0.2, 0) is 9.53 Å². The van der Waals surface area contributed by atoms with Gasteiger partial charge in [0.1, 0.15) is 5.75 Å². The Morgan fingerprint density at radius 3 is 2.33 bits per heavy atom. The third-order valence-electron chi connectivity index (χ3n) is 2.43. The highest BCUT2D eigenvalue weighted by Crippen LogP contribution is 2.11. The fourth-order valence-electron chi connectivity index (χ4n) is 1.43. The van der Waals surface area contributed by atoms with Gasteiger partial charge in [0.25, 0.3) is 5.91 Å². The van der Waals surface area contributed by atoms with Gasteiger partial charge in [-0.25, -0.2) is 0 Å². The molecule has 98 valence electrons. The number of methoxy groups -OCH3 is 2. The molecule has 5 heteroatoms. The average Bonchev–Trinajstić information content (AvgIpc) is 2.38. The number of amides is 1. The second-order valence-corrected chi connectivity index (χ2v) is 3.88. The quantitative estimate of drug-likeness (QED) is 0.803. The Hall–Kier alpha value is -2.04. The Bertz CT molecular complexity index is 414. The van der Waals surface area contributed by atoms with Gasteiger partial charge < -0.3 is 14.8 Å². The number of esters is 1. The first-order valence-electron chi connectivity index (χ1n) is 5.58. The Balaban J connectivity index is 2.56. The number of hydrogen-bond acceptors (Lipinski definition) is 4. The molecule has 0 spiro atoms. The zero-order chi connectivity index (χ0) is 13.5. The zero-order valence-electron chi connectivity index (χ0n) is 10.7.